The summed E-state index contributed by atoms with van der Waals surface area (Å²) < 4.78 is 5.15. The number of rotatable bonds is 7. The van der Waals surface area contributed by atoms with Crippen molar-refractivity contribution in [2.45, 2.75) is 19.8 Å². The average molecular weight is 316 g/mol. The lowest BCUT2D eigenvalue weighted by atomic mass is 10.2. The maximum atomic E-state index is 12.5. The highest BCUT2D eigenvalue weighted by Crippen LogP contribution is 2.17. The number of aromatic nitrogens is 2. The number of amides is 2. The number of pyridine rings is 1. The molecule has 122 valence electrons. The van der Waals surface area contributed by atoms with Crippen molar-refractivity contribution >= 4 is 18.0 Å². The molecule has 7 heteroatoms. The molecule has 0 N–H and O–H groups in total. The monoisotopic (exact) mass is 316 g/mol. The van der Waals surface area contributed by atoms with Crippen LogP contribution in [0.3, 0.4) is 0 Å². The topological polar surface area (TPSA) is 79.5 Å². The van der Waals surface area contributed by atoms with E-state index in [9.17, 15) is 9.59 Å². The van der Waals surface area contributed by atoms with Crippen molar-refractivity contribution in [3.63, 3.8) is 0 Å². The summed E-state index contributed by atoms with van der Waals surface area (Å²) in [6.45, 7) is 2.42. The van der Waals surface area contributed by atoms with Gasteiger partial charge in [-0.25, -0.2) is 4.98 Å². The number of carbonyl (C=O) groups is 2. The fraction of sp³-hybridized carbons (Fsp3) is 0.375. The van der Waals surface area contributed by atoms with Gasteiger partial charge in [0.25, 0.3) is 5.91 Å². The second-order valence-electron chi connectivity index (χ2n) is 5.35. The van der Waals surface area contributed by atoms with Crippen LogP contribution in [0, 0.1) is 6.92 Å². The van der Waals surface area contributed by atoms with Crippen LogP contribution in [0.5, 0.6) is 0 Å². The summed E-state index contributed by atoms with van der Waals surface area (Å²) in [6.07, 6.45) is 3.66. The molecule has 0 aliphatic heterocycles. The maximum absolute atomic E-state index is 12.5. The van der Waals surface area contributed by atoms with Crippen LogP contribution in [0.1, 0.15) is 28.4 Å². The first-order chi connectivity index (χ1) is 11.0. The molecule has 0 aliphatic rings. The summed E-state index contributed by atoms with van der Waals surface area (Å²) in [7, 11) is 3.31. The molecule has 23 heavy (non-hydrogen) atoms. The second kappa shape index (κ2) is 7.53. The molecule has 2 aromatic rings. The quantitative estimate of drug-likeness (QED) is 0.726. The number of carbonyl (C=O) groups excluding carboxylic acids is 2. The van der Waals surface area contributed by atoms with E-state index in [4.69, 9.17) is 4.52 Å². The lowest BCUT2D eigenvalue weighted by molar-refractivity contribution is -0.107. The third-order valence-electron chi connectivity index (χ3n) is 3.47. The van der Waals surface area contributed by atoms with E-state index in [1.807, 2.05) is 13.0 Å². The molecular weight excluding hydrogens is 296 g/mol. The molecule has 0 aliphatic carbocycles. The zero-order valence-corrected chi connectivity index (χ0v) is 13.5. The van der Waals surface area contributed by atoms with E-state index in [2.05, 4.69) is 10.1 Å². The van der Waals surface area contributed by atoms with Gasteiger partial charge in [-0.05, 0) is 25.5 Å². The average Bonchev–Trinajstić information content (AvgIpc) is 2.98. The largest absolute Gasteiger partial charge is 0.361 e. The van der Waals surface area contributed by atoms with Crippen LogP contribution >= 0.6 is 0 Å². The van der Waals surface area contributed by atoms with Gasteiger partial charge in [0.2, 0.25) is 6.41 Å². The Bertz CT molecular complexity index is 683. The number of hydrogen-bond acceptors (Lipinski definition) is 5. The third kappa shape index (κ3) is 4.15. The Kier molecular flexibility index (Phi) is 5.46. The molecule has 2 heterocycles. The first kappa shape index (κ1) is 16.7. The Morgan fingerprint density at radius 3 is 2.83 bits per heavy atom. The fourth-order valence-corrected chi connectivity index (χ4v) is 2.21. The lowest BCUT2D eigenvalue weighted by Crippen LogP contribution is -2.30. The minimum absolute atomic E-state index is 0.219. The van der Waals surface area contributed by atoms with Crippen LogP contribution in [-0.4, -0.2) is 48.0 Å². The summed E-state index contributed by atoms with van der Waals surface area (Å²) in [6, 6.07) is 5.27. The van der Waals surface area contributed by atoms with Crippen LogP contribution in [0.15, 0.2) is 28.9 Å². The van der Waals surface area contributed by atoms with E-state index in [1.54, 1.807) is 37.3 Å². The molecule has 0 bridgehead atoms. The molecule has 2 rings (SSSR count). The first-order valence-electron chi connectivity index (χ1n) is 7.33. The molecular formula is C16H20N4O3. The number of hydrogen-bond donors (Lipinski definition) is 0. The number of aryl methyl sites for hydroxylation is 2. The van der Waals surface area contributed by atoms with Crippen molar-refractivity contribution in [2.24, 2.45) is 0 Å². The van der Waals surface area contributed by atoms with Crippen LogP contribution in [-0.2, 0) is 11.2 Å². The maximum Gasteiger partial charge on any atom is 0.274 e. The van der Waals surface area contributed by atoms with Crippen LogP contribution in [0.4, 0.5) is 5.69 Å². The Labute approximate surface area is 134 Å². The van der Waals surface area contributed by atoms with Gasteiger partial charge >= 0.3 is 0 Å². The molecule has 7 nitrogen and oxygen atoms in total. The van der Waals surface area contributed by atoms with E-state index >= 15 is 0 Å². The Morgan fingerprint density at radius 1 is 1.39 bits per heavy atom. The van der Waals surface area contributed by atoms with Crippen LogP contribution in [0.2, 0.25) is 0 Å². The molecule has 0 aromatic carbocycles. The SMILES string of the molecule is Cc1cc(CCCN(C)C(=O)c2ncccc2N(C)C=O)on1. The van der Waals surface area contributed by atoms with Gasteiger partial charge in [-0.2, -0.15) is 0 Å². The smallest absolute Gasteiger partial charge is 0.274 e. The van der Waals surface area contributed by atoms with Crippen molar-refractivity contribution < 1.29 is 14.1 Å². The van der Waals surface area contributed by atoms with Gasteiger partial charge in [-0.3, -0.25) is 9.59 Å². The minimum atomic E-state index is -0.219. The molecule has 0 fully saturated rings. The molecule has 2 aromatic heterocycles. The zero-order valence-electron chi connectivity index (χ0n) is 13.5. The Hall–Kier alpha value is -2.70. The highest BCUT2D eigenvalue weighted by molar-refractivity contribution is 5.99. The highest BCUT2D eigenvalue weighted by Gasteiger charge is 2.19. The summed E-state index contributed by atoms with van der Waals surface area (Å²) in [4.78, 5) is 30.5. The van der Waals surface area contributed by atoms with Gasteiger partial charge in [0.1, 0.15) is 5.76 Å². The second-order valence-corrected chi connectivity index (χ2v) is 5.35. The Balaban J connectivity index is 1.98. The lowest BCUT2D eigenvalue weighted by Gasteiger charge is -2.20. The van der Waals surface area contributed by atoms with E-state index in [1.165, 1.54) is 4.90 Å². The third-order valence-corrected chi connectivity index (χ3v) is 3.47. The minimum Gasteiger partial charge on any atom is -0.361 e. The van der Waals surface area contributed by atoms with E-state index in [0.29, 0.717) is 25.1 Å². The molecule has 0 unspecified atom stereocenters. The number of nitrogens with zero attached hydrogens (tertiary/aromatic N) is 4. The van der Waals surface area contributed by atoms with E-state index in [-0.39, 0.29) is 11.6 Å². The Morgan fingerprint density at radius 2 is 2.17 bits per heavy atom. The van der Waals surface area contributed by atoms with Gasteiger partial charge in [-0.15, -0.1) is 0 Å². The summed E-state index contributed by atoms with van der Waals surface area (Å²) in [5, 5.41) is 3.83. The first-order valence-corrected chi connectivity index (χ1v) is 7.33. The molecule has 0 radical (unpaired) electrons. The van der Waals surface area contributed by atoms with Gasteiger partial charge < -0.3 is 14.3 Å². The van der Waals surface area contributed by atoms with Crippen molar-refractivity contribution in [2.75, 3.05) is 25.5 Å². The van der Waals surface area contributed by atoms with Crippen molar-refractivity contribution in [3.05, 3.63) is 41.5 Å². The molecule has 0 atom stereocenters. The van der Waals surface area contributed by atoms with Gasteiger partial charge in [0, 0.05) is 39.3 Å². The van der Waals surface area contributed by atoms with Crippen molar-refractivity contribution in [3.8, 4) is 0 Å². The zero-order chi connectivity index (χ0) is 16.8. The molecule has 0 spiro atoms. The van der Waals surface area contributed by atoms with Gasteiger partial charge in [-0.1, -0.05) is 5.16 Å². The number of anilines is 1. The van der Waals surface area contributed by atoms with Crippen LogP contribution < -0.4 is 4.90 Å². The van der Waals surface area contributed by atoms with E-state index in [0.717, 1.165) is 17.9 Å². The van der Waals surface area contributed by atoms with Gasteiger partial charge in [0.05, 0.1) is 11.4 Å². The summed E-state index contributed by atoms with van der Waals surface area (Å²) in [5.74, 6) is 0.589. The molecule has 0 saturated carbocycles. The normalized spacial score (nSPS) is 10.4. The standard InChI is InChI=1S/C16H20N4O3/c1-12-10-13(23-18-12)6-5-9-19(2)16(22)15-14(20(3)11-21)7-4-8-17-15/h4,7-8,10-11H,5-6,9H2,1-3H3. The van der Waals surface area contributed by atoms with Gasteiger partial charge in [0.15, 0.2) is 5.69 Å². The molecule has 0 saturated heterocycles. The predicted molar refractivity (Wildman–Crippen MR) is 85.2 cm³/mol. The predicted octanol–water partition coefficient (Wildman–Crippen LogP) is 1.68. The highest BCUT2D eigenvalue weighted by atomic mass is 16.5. The van der Waals surface area contributed by atoms with Crippen molar-refractivity contribution in [1.82, 2.24) is 15.0 Å². The summed E-state index contributed by atoms with van der Waals surface area (Å²) >= 11 is 0. The van der Waals surface area contributed by atoms with Crippen LogP contribution in [0.25, 0.3) is 0 Å². The van der Waals surface area contributed by atoms with Crippen molar-refractivity contribution in [1.29, 1.82) is 0 Å². The van der Waals surface area contributed by atoms with E-state index < -0.39 is 0 Å². The summed E-state index contributed by atoms with van der Waals surface area (Å²) in [5.41, 5.74) is 1.60. The fourth-order valence-electron chi connectivity index (χ4n) is 2.21. The molecule has 2 amide bonds.